The molecule has 0 saturated heterocycles. The van der Waals surface area contributed by atoms with E-state index in [1.165, 1.54) is 5.56 Å². The SMILES string of the molecule is CN(Cc1ccccc1)CC(C#N)C(C)(C)C. The lowest BCUT2D eigenvalue weighted by molar-refractivity contribution is 0.206. The van der Waals surface area contributed by atoms with Crippen LogP contribution in [-0.2, 0) is 6.54 Å². The van der Waals surface area contributed by atoms with Crippen molar-refractivity contribution >= 4 is 0 Å². The van der Waals surface area contributed by atoms with E-state index in [0.717, 1.165) is 13.1 Å². The van der Waals surface area contributed by atoms with Gasteiger partial charge < -0.3 is 4.90 Å². The Morgan fingerprint density at radius 1 is 1.24 bits per heavy atom. The predicted molar refractivity (Wildman–Crippen MR) is 71.3 cm³/mol. The molecule has 0 saturated carbocycles. The molecule has 0 N–H and O–H groups in total. The molecule has 17 heavy (non-hydrogen) atoms. The van der Waals surface area contributed by atoms with Crippen LogP contribution in [0.25, 0.3) is 0 Å². The number of hydrogen-bond donors (Lipinski definition) is 0. The molecule has 1 aromatic carbocycles. The highest BCUT2D eigenvalue weighted by molar-refractivity contribution is 5.14. The van der Waals surface area contributed by atoms with Crippen LogP contribution < -0.4 is 0 Å². The van der Waals surface area contributed by atoms with Gasteiger partial charge in [0, 0.05) is 13.1 Å². The van der Waals surface area contributed by atoms with Crippen LogP contribution in [0, 0.1) is 22.7 Å². The van der Waals surface area contributed by atoms with Gasteiger partial charge in [-0.1, -0.05) is 51.1 Å². The zero-order valence-electron chi connectivity index (χ0n) is 11.3. The second kappa shape index (κ2) is 5.84. The number of hydrogen-bond acceptors (Lipinski definition) is 2. The summed E-state index contributed by atoms with van der Waals surface area (Å²) in [4.78, 5) is 2.22. The van der Waals surface area contributed by atoms with Crippen LogP contribution in [0.2, 0.25) is 0 Å². The molecule has 0 aliphatic carbocycles. The molecule has 0 heterocycles. The van der Waals surface area contributed by atoms with Crippen molar-refractivity contribution in [1.82, 2.24) is 4.90 Å². The first kappa shape index (κ1) is 13.7. The van der Waals surface area contributed by atoms with E-state index in [4.69, 9.17) is 0 Å². The third kappa shape index (κ3) is 4.58. The van der Waals surface area contributed by atoms with Crippen molar-refractivity contribution in [3.05, 3.63) is 35.9 Å². The van der Waals surface area contributed by atoms with Gasteiger partial charge >= 0.3 is 0 Å². The number of nitriles is 1. The molecule has 0 bridgehead atoms. The van der Waals surface area contributed by atoms with E-state index in [1.807, 2.05) is 6.07 Å². The topological polar surface area (TPSA) is 27.0 Å². The van der Waals surface area contributed by atoms with Crippen LogP contribution >= 0.6 is 0 Å². The van der Waals surface area contributed by atoms with Crippen LogP contribution in [0.15, 0.2) is 30.3 Å². The summed E-state index contributed by atoms with van der Waals surface area (Å²) in [6.07, 6.45) is 0. The summed E-state index contributed by atoms with van der Waals surface area (Å²) in [5.41, 5.74) is 1.33. The minimum atomic E-state index is 0.0414. The zero-order chi connectivity index (χ0) is 12.9. The maximum atomic E-state index is 9.20. The molecule has 1 aromatic rings. The van der Waals surface area contributed by atoms with E-state index in [-0.39, 0.29) is 11.3 Å². The van der Waals surface area contributed by atoms with Gasteiger partial charge in [-0.3, -0.25) is 0 Å². The van der Waals surface area contributed by atoms with Crippen molar-refractivity contribution in [2.24, 2.45) is 11.3 Å². The molecule has 1 unspecified atom stereocenters. The van der Waals surface area contributed by atoms with Gasteiger partial charge in [-0.05, 0) is 18.0 Å². The minimum Gasteiger partial charge on any atom is -0.301 e. The monoisotopic (exact) mass is 230 g/mol. The summed E-state index contributed by atoms with van der Waals surface area (Å²) < 4.78 is 0. The second-order valence-electron chi connectivity index (χ2n) is 5.73. The summed E-state index contributed by atoms with van der Waals surface area (Å²) in [5, 5.41) is 9.20. The predicted octanol–water partition coefficient (Wildman–Crippen LogP) is 3.30. The summed E-state index contributed by atoms with van der Waals surface area (Å²) >= 11 is 0. The van der Waals surface area contributed by atoms with Gasteiger partial charge in [0.05, 0.1) is 12.0 Å². The average molecular weight is 230 g/mol. The van der Waals surface area contributed by atoms with E-state index in [1.54, 1.807) is 0 Å². The van der Waals surface area contributed by atoms with E-state index in [0.29, 0.717) is 0 Å². The Balaban J connectivity index is 2.55. The highest BCUT2D eigenvalue weighted by atomic mass is 15.1. The molecular weight excluding hydrogens is 208 g/mol. The molecule has 0 aliphatic heterocycles. The van der Waals surface area contributed by atoms with Crippen LogP contribution in [0.1, 0.15) is 26.3 Å². The Bertz CT molecular complexity index is 370. The highest BCUT2D eigenvalue weighted by Gasteiger charge is 2.25. The van der Waals surface area contributed by atoms with Crippen molar-refractivity contribution in [2.75, 3.05) is 13.6 Å². The van der Waals surface area contributed by atoms with Gasteiger partial charge in [0.2, 0.25) is 0 Å². The van der Waals surface area contributed by atoms with Crippen molar-refractivity contribution in [1.29, 1.82) is 5.26 Å². The van der Waals surface area contributed by atoms with Crippen molar-refractivity contribution in [3.63, 3.8) is 0 Å². The molecule has 2 nitrogen and oxygen atoms in total. The minimum absolute atomic E-state index is 0.0414. The molecule has 0 aromatic heterocycles. The highest BCUT2D eigenvalue weighted by Crippen LogP contribution is 2.26. The van der Waals surface area contributed by atoms with Gasteiger partial charge in [0.1, 0.15) is 0 Å². The van der Waals surface area contributed by atoms with Crippen molar-refractivity contribution in [3.8, 4) is 6.07 Å². The third-order valence-electron chi connectivity index (χ3n) is 2.99. The molecule has 0 spiro atoms. The van der Waals surface area contributed by atoms with E-state index in [2.05, 4.69) is 63.1 Å². The fraction of sp³-hybridized carbons (Fsp3) is 0.533. The normalized spacial score (nSPS) is 13.4. The Morgan fingerprint density at radius 3 is 2.29 bits per heavy atom. The van der Waals surface area contributed by atoms with E-state index >= 15 is 0 Å². The van der Waals surface area contributed by atoms with Crippen molar-refractivity contribution < 1.29 is 0 Å². The molecule has 1 atom stereocenters. The fourth-order valence-corrected chi connectivity index (χ4v) is 1.78. The molecule has 1 rings (SSSR count). The molecule has 0 amide bonds. The van der Waals surface area contributed by atoms with E-state index < -0.39 is 0 Å². The maximum Gasteiger partial charge on any atom is 0.0674 e. The van der Waals surface area contributed by atoms with Gasteiger partial charge in [-0.15, -0.1) is 0 Å². The van der Waals surface area contributed by atoms with Crippen LogP contribution in [0.4, 0.5) is 0 Å². The summed E-state index contributed by atoms with van der Waals surface area (Å²) in [6, 6.07) is 12.8. The Kier molecular flexibility index (Phi) is 4.72. The maximum absolute atomic E-state index is 9.20. The lowest BCUT2D eigenvalue weighted by atomic mass is 9.81. The summed E-state index contributed by atoms with van der Waals surface area (Å²) in [5.74, 6) is 0.0659. The second-order valence-corrected chi connectivity index (χ2v) is 5.73. The standard InChI is InChI=1S/C15H22N2/c1-15(2,3)14(10-16)12-17(4)11-13-8-6-5-7-9-13/h5-9,14H,11-12H2,1-4H3. The molecular formula is C15H22N2. The van der Waals surface area contributed by atoms with Gasteiger partial charge in [0.15, 0.2) is 0 Å². The molecule has 0 fully saturated rings. The largest absolute Gasteiger partial charge is 0.301 e. The number of rotatable bonds is 4. The Morgan fingerprint density at radius 2 is 1.82 bits per heavy atom. The lowest BCUT2D eigenvalue weighted by Gasteiger charge is -2.29. The smallest absolute Gasteiger partial charge is 0.0674 e. The lowest BCUT2D eigenvalue weighted by Crippen LogP contribution is -2.32. The van der Waals surface area contributed by atoms with Crippen LogP contribution in [0.3, 0.4) is 0 Å². The average Bonchev–Trinajstić information content (AvgIpc) is 2.25. The molecule has 92 valence electrons. The zero-order valence-corrected chi connectivity index (χ0v) is 11.3. The first-order valence-electron chi connectivity index (χ1n) is 6.05. The van der Waals surface area contributed by atoms with Crippen molar-refractivity contribution in [2.45, 2.75) is 27.3 Å². The van der Waals surface area contributed by atoms with Gasteiger partial charge in [0.25, 0.3) is 0 Å². The van der Waals surface area contributed by atoms with Crippen LogP contribution in [0.5, 0.6) is 0 Å². The first-order chi connectivity index (χ1) is 7.93. The van der Waals surface area contributed by atoms with Gasteiger partial charge in [-0.2, -0.15) is 5.26 Å². The Labute approximate surface area is 105 Å². The van der Waals surface area contributed by atoms with Crippen LogP contribution in [-0.4, -0.2) is 18.5 Å². The van der Waals surface area contributed by atoms with Gasteiger partial charge in [-0.25, -0.2) is 0 Å². The molecule has 0 aliphatic rings. The molecule has 0 radical (unpaired) electrons. The number of nitrogens with zero attached hydrogens (tertiary/aromatic N) is 2. The summed E-state index contributed by atoms with van der Waals surface area (Å²) in [6.45, 7) is 8.08. The Hall–Kier alpha value is -1.33. The number of benzene rings is 1. The quantitative estimate of drug-likeness (QED) is 0.793. The third-order valence-corrected chi connectivity index (χ3v) is 2.99. The first-order valence-corrected chi connectivity index (χ1v) is 6.05. The fourth-order valence-electron chi connectivity index (χ4n) is 1.78. The van der Waals surface area contributed by atoms with E-state index in [9.17, 15) is 5.26 Å². The molecule has 2 heteroatoms. The summed E-state index contributed by atoms with van der Waals surface area (Å²) in [7, 11) is 2.07.